The number of phenolic OH excluding ortho intramolecular Hbond substituents is 1. The van der Waals surface area contributed by atoms with E-state index in [2.05, 4.69) is 10.3 Å². The van der Waals surface area contributed by atoms with Gasteiger partial charge in [0.15, 0.2) is 0 Å². The monoisotopic (exact) mass is 368 g/mol. The number of amides is 1. The highest BCUT2D eigenvalue weighted by Crippen LogP contribution is 2.23. The first kappa shape index (κ1) is 17.6. The number of nitrogens with zero attached hydrogens (tertiary/aromatic N) is 2. The van der Waals surface area contributed by atoms with E-state index in [1.807, 2.05) is 29.9 Å². The van der Waals surface area contributed by atoms with Crippen molar-refractivity contribution in [3.8, 4) is 17.0 Å². The summed E-state index contributed by atoms with van der Waals surface area (Å²) in [5, 5.41) is 12.6. The molecule has 1 aromatic heterocycles. The second-order valence-corrected chi connectivity index (χ2v) is 6.17. The summed E-state index contributed by atoms with van der Waals surface area (Å²) < 4.78 is 1.86. The Morgan fingerprint density at radius 2 is 2.00 bits per heavy atom. The van der Waals surface area contributed by atoms with E-state index in [1.54, 1.807) is 18.5 Å². The molecule has 3 aromatic rings. The van der Waals surface area contributed by atoms with Gasteiger partial charge in [-0.1, -0.05) is 23.7 Å². The third kappa shape index (κ3) is 4.04. The fourth-order valence-electron chi connectivity index (χ4n) is 2.36. The number of phenols is 1. The number of nitrogens with one attached hydrogen (secondary N) is 1. The molecule has 6 nitrogen and oxygen atoms in total. The lowest BCUT2D eigenvalue weighted by atomic mass is 10.1. The van der Waals surface area contributed by atoms with Crippen molar-refractivity contribution in [2.45, 2.75) is 0 Å². The van der Waals surface area contributed by atoms with Crippen LogP contribution in [0.4, 0.5) is 5.69 Å². The van der Waals surface area contributed by atoms with Gasteiger partial charge in [-0.2, -0.15) is 0 Å². The van der Waals surface area contributed by atoms with Crippen LogP contribution in [0.3, 0.4) is 0 Å². The number of halogens is 1. The van der Waals surface area contributed by atoms with Gasteiger partial charge >= 0.3 is 0 Å². The van der Waals surface area contributed by atoms with Gasteiger partial charge in [0.05, 0.1) is 17.7 Å². The topological polar surface area (TPSA) is 93.2 Å². The lowest BCUT2D eigenvalue weighted by Crippen LogP contribution is -2.19. The summed E-state index contributed by atoms with van der Waals surface area (Å²) in [7, 11) is 1.90. The highest BCUT2D eigenvalue weighted by Gasteiger charge is 2.09. The van der Waals surface area contributed by atoms with Crippen LogP contribution >= 0.6 is 11.6 Å². The maximum absolute atomic E-state index is 12.2. The lowest BCUT2D eigenvalue weighted by Gasteiger charge is -2.07. The Bertz CT molecular complexity index is 977. The van der Waals surface area contributed by atoms with E-state index in [4.69, 9.17) is 17.3 Å². The maximum atomic E-state index is 12.2. The van der Waals surface area contributed by atoms with Crippen molar-refractivity contribution in [2.75, 3.05) is 5.32 Å². The molecule has 0 saturated carbocycles. The molecule has 0 spiro atoms. The summed E-state index contributed by atoms with van der Waals surface area (Å²) in [6.45, 7) is 0. The van der Waals surface area contributed by atoms with Gasteiger partial charge in [0.1, 0.15) is 5.75 Å². The van der Waals surface area contributed by atoms with Crippen LogP contribution in [0.25, 0.3) is 17.3 Å². The number of carbonyl (C=O) groups excluding carboxylic acids is 1. The number of nitrogens with two attached hydrogens (primary N) is 1. The first-order valence-corrected chi connectivity index (χ1v) is 8.15. The smallest absolute Gasteiger partial charge is 0.271 e. The minimum Gasteiger partial charge on any atom is -0.508 e. The third-order valence-corrected chi connectivity index (χ3v) is 4.04. The van der Waals surface area contributed by atoms with Crippen molar-refractivity contribution in [1.29, 1.82) is 0 Å². The largest absolute Gasteiger partial charge is 0.508 e. The van der Waals surface area contributed by atoms with Gasteiger partial charge in [0.2, 0.25) is 0 Å². The van der Waals surface area contributed by atoms with Crippen LogP contribution in [0.5, 0.6) is 5.75 Å². The molecular weight excluding hydrogens is 352 g/mol. The van der Waals surface area contributed by atoms with E-state index in [-0.39, 0.29) is 11.4 Å². The van der Waals surface area contributed by atoms with Crippen molar-refractivity contribution < 1.29 is 9.90 Å². The van der Waals surface area contributed by atoms with Crippen molar-refractivity contribution in [1.82, 2.24) is 9.55 Å². The zero-order valence-corrected chi connectivity index (χ0v) is 14.7. The molecule has 0 fully saturated rings. The van der Waals surface area contributed by atoms with E-state index in [0.29, 0.717) is 16.3 Å². The summed E-state index contributed by atoms with van der Waals surface area (Å²) in [6, 6.07) is 11.7. The highest BCUT2D eigenvalue weighted by molar-refractivity contribution is 6.32. The van der Waals surface area contributed by atoms with Crippen molar-refractivity contribution in [2.24, 2.45) is 12.8 Å². The molecule has 0 bridgehead atoms. The Hall–Kier alpha value is -3.25. The minimum absolute atomic E-state index is 0.0219. The number of aromatic hydroxyl groups is 1. The quantitative estimate of drug-likeness (QED) is 0.615. The number of anilines is 1. The van der Waals surface area contributed by atoms with Gasteiger partial charge in [-0.05, 0) is 42.0 Å². The van der Waals surface area contributed by atoms with Crippen molar-refractivity contribution in [3.63, 3.8) is 0 Å². The summed E-state index contributed by atoms with van der Waals surface area (Å²) >= 11 is 6.03. The van der Waals surface area contributed by atoms with Crippen LogP contribution in [-0.4, -0.2) is 20.6 Å². The van der Waals surface area contributed by atoms with Crippen LogP contribution in [0.15, 0.2) is 60.7 Å². The number of aryl methyl sites for hydroxylation is 1. The molecule has 0 atom stereocenters. The van der Waals surface area contributed by atoms with Crippen LogP contribution in [-0.2, 0) is 11.8 Å². The zero-order chi connectivity index (χ0) is 18.7. The Balaban J connectivity index is 1.73. The molecule has 0 aliphatic carbocycles. The van der Waals surface area contributed by atoms with Gasteiger partial charge in [0, 0.05) is 29.5 Å². The molecule has 0 aliphatic rings. The molecule has 3 rings (SSSR count). The average Bonchev–Trinajstić information content (AvgIpc) is 3.05. The molecular formula is C19H17ClN4O2. The zero-order valence-electron chi connectivity index (χ0n) is 14.0. The standard InChI is InChI=1S/C19H17ClN4O2/c1-24-10-18(22-11-24)12-2-4-14(5-3-12)23-19(26)17(21)9-13-8-15(25)6-7-16(13)20/h2-11,25H,21H2,1H3,(H,23,26)/b17-9-. The minimum atomic E-state index is -0.463. The van der Waals surface area contributed by atoms with E-state index in [0.717, 1.165) is 11.3 Å². The Morgan fingerprint density at radius 1 is 1.27 bits per heavy atom. The molecule has 1 amide bonds. The second-order valence-electron chi connectivity index (χ2n) is 5.76. The summed E-state index contributed by atoms with van der Waals surface area (Å²) in [5.74, 6) is -0.422. The molecule has 0 saturated heterocycles. The number of carbonyl (C=O) groups is 1. The number of hydrogen-bond acceptors (Lipinski definition) is 4. The Kier molecular flexibility index (Phi) is 4.95. The predicted octanol–water partition coefficient (Wildman–Crippen LogP) is 3.38. The molecule has 0 radical (unpaired) electrons. The van der Waals surface area contributed by atoms with E-state index < -0.39 is 5.91 Å². The van der Waals surface area contributed by atoms with E-state index in [1.165, 1.54) is 24.3 Å². The predicted molar refractivity (Wildman–Crippen MR) is 103 cm³/mol. The molecule has 2 aromatic carbocycles. The van der Waals surface area contributed by atoms with Gasteiger partial charge in [0.25, 0.3) is 5.91 Å². The summed E-state index contributed by atoms with van der Waals surface area (Å²) in [4.78, 5) is 16.5. The number of hydrogen-bond donors (Lipinski definition) is 3. The summed E-state index contributed by atoms with van der Waals surface area (Å²) in [5.41, 5.74) is 8.67. The summed E-state index contributed by atoms with van der Waals surface area (Å²) in [6.07, 6.45) is 5.05. The highest BCUT2D eigenvalue weighted by atomic mass is 35.5. The second kappa shape index (κ2) is 7.33. The Morgan fingerprint density at radius 3 is 2.65 bits per heavy atom. The molecule has 0 unspecified atom stereocenters. The fraction of sp³-hybridized carbons (Fsp3) is 0.0526. The van der Waals surface area contributed by atoms with Gasteiger partial charge in [-0.25, -0.2) is 4.98 Å². The van der Waals surface area contributed by atoms with Crippen molar-refractivity contribution in [3.05, 3.63) is 71.3 Å². The van der Waals surface area contributed by atoms with E-state index >= 15 is 0 Å². The lowest BCUT2D eigenvalue weighted by molar-refractivity contribution is -0.112. The molecule has 1 heterocycles. The number of benzene rings is 2. The van der Waals surface area contributed by atoms with Gasteiger partial charge < -0.3 is 20.7 Å². The third-order valence-electron chi connectivity index (χ3n) is 3.70. The van der Waals surface area contributed by atoms with Crippen LogP contribution in [0, 0.1) is 0 Å². The normalized spacial score (nSPS) is 11.4. The average molecular weight is 369 g/mol. The molecule has 7 heteroatoms. The Labute approximate surface area is 155 Å². The number of imidazole rings is 1. The fourth-order valence-corrected chi connectivity index (χ4v) is 2.54. The number of rotatable bonds is 4. The van der Waals surface area contributed by atoms with Gasteiger partial charge in [-0.3, -0.25) is 4.79 Å². The molecule has 0 aliphatic heterocycles. The molecule has 4 N–H and O–H groups in total. The van der Waals surface area contributed by atoms with Gasteiger partial charge in [-0.15, -0.1) is 0 Å². The van der Waals surface area contributed by atoms with Crippen molar-refractivity contribution >= 4 is 29.3 Å². The maximum Gasteiger partial charge on any atom is 0.271 e. The van der Waals surface area contributed by atoms with Crippen LogP contribution in [0.1, 0.15) is 5.56 Å². The van der Waals surface area contributed by atoms with Crippen LogP contribution < -0.4 is 11.1 Å². The molecule has 26 heavy (non-hydrogen) atoms. The first-order valence-electron chi connectivity index (χ1n) is 7.78. The SMILES string of the molecule is Cn1cnc(-c2ccc(NC(=O)/C(N)=C/c3cc(O)ccc3Cl)cc2)c1. The van der Waals surface area contributed by atoms with E-state index in [9.17, 15) is 9.90 Å². The first-order chi connectivity index (χ1) is 12.4. The van der Waals surface area contributed by atoms with Crippen LogP contribution in [0.2, 0.25) is 5.02 Å². The number of aromatic nitrogens is 2. The molecule has 132 valence electrons.